The van der Waals surface area contributed by atoms with Crippen molar-refractivity contribution in [1.29, 1.82) is 0 Å². The minimum Gasteiger partial charge on any atom is -0.486 e. The minimum atomic E-state index is -0.117. The lowest BCUT2D eigenvalue weighted by atomic mass is 10.1. The number of carbonyl (C=O) groups excluding carboxylic acids is 2. The summed E-state index contributed by atoms with van der Waals surface area (Å²) in [6, 6.07) is 3.52. The molecule has 1 fully saturated rings. The lowest BCUT2D eigenvalue weighted by Gasteiger charge is -2.20. The fourth-order valence-corrected chi connectivity index (χ4v) is 2.87. The second kappa shape index (κ2) is 6.44. The third-order valence-corrected chi connectivity index (χ3v) is 3.93. The van der Waals surface area contributed by atoms with Crippen molar-refractivity contribution in [3.05, 3.63) is 22.7 Å². The van der Waals surface area contributed by atoms with Gasteiger partial charge >= 0.3 is 0 Å². The first-order valence-corrected chi connectivity index (χ1v) is 7.63. The Hall–Kier alpha value is -1.95. The van der Waals surface area contributed by atoms with E-state index in [4.69, 9.17) is 21.1 Å². The lowest BCUT2D eigenvalue weighted by Crippen LogP contribution is -2.38. The van der Waals surface area contributed by atoms with E-state index in [1.54, 1.807) is 12.1 Å². The molecule has 0 aromatic heterocycles. The van der Waals surface area contributed by atoms with E-state index in [0.717, 1.165) is 12.0 Å². The Labute approximate surface area is 133 Å². The zero-order valence-electron chi connectivity index (χ0n) is 12.0. The predicted octanol–water partition coefficient (Wildman–Crippen LogP) is 1.05. The first-order valence-electron chi connectivity index (χ1n) is 7.26. The van der Waals surface area contributed by atoms with Gasteiger partial charge in [0.2, 0.25) is 11.8 Å². The number of hydrogen-bond donors (Lipinski definition) is 2. The first-order chi connectivity index (χ1) is 10.6. The molecule has 1 aromatic carbocycles. The number of halogens is 1. The van der Waals surface area contributed by atoms with Gasteiger partial charge in [-0.1, -0.05) is 11.6 Å². The van der Waals surface area contributed by atoms with Crippen molar-refractivity contribution in [2.75, 3.05) is 19.8 Å². The molecule has 1 saturated heterocycles. The fourth-order valence-electron chi connectivity index (χ4n) is 2.58. The molecule has 2 N–H and O–H groups in total. The van der Waals surface area contributed by atoms with Gasteiger partial charge in [0.15, 0.2) is 11.5 Å². The smallest absolute Gasteiger partial charge is 0.224 e. The molecular formula is C15H17ClN2O4. The quantitative estimate of drug-likeness (QED) is 0.868. The number of fused-ring (bicyclic) bond motifs is 1. The molecule has 2 amide bonds. The average molecular weight is 325 g/mol. The molecule has 0 bridgehead atoms. The van der Waals surface area contributed by atoms with E-state index >= 15 is 0 Å². The van der Waals surface area contributed by atoms with Crippen LogP contribution in [0.2, 0.25) is 5.02 Å². The molecule has 1 atom stereocenters. The molecule has 22 heavy (non-hydrogen) atoms. The maximum absolute atomic E-state index is 12.0. The lowest BCUT2D eigenvalue weighted by molar-refractivity contribution is -0.121. The van der Waals surface area contributed by atoms with Gasteiger partial charge in [0.25, 0.3) is 0 Å². The largest absolute Gasteiger partial charge is 0.486 e. The molecule has 2 heterocycles. The van der Waals surface area contributed by atoms with Crippen LogP contribution in [-0.2, 0) is 16.0 Å². The van der Waals surface area contributed by atoms with Crippen molar-refractivity contribution < 1.29 is 19.1 Å². The van der Waals surface area contributed by atoms with Gasteiger partial charge in [-0.05, 0) is 24.1 Å². The molecule has 1 unspecified atom stereocenters. The van der Waals surface area contributed by atoms with Gasteiger partial charge in [-0.2, -0.15) is 0 Å². The van der Waals surface area contributed by atoms with Gasteiger partial charge in [-0.15, -0.1) is 0 Å². The highest BCUT2D eigenvalue weighted by molar-refractivity contribution is 6.32. The Morgan fingerprint density at radius 2 is 2.18 bits per heavy atom. The molecule has 2 aliphatic heterocycles. The van der Waals surface area contributed by atoms with Crippen LogP contribution >= 0.6 is 11.6 Å². The summed E-state index contributed by atoms with van der Waals surface area (Å²) in [6.45, 7) is 1.39. The van der Waals surface area contributed by atoms with Crippen molar-refractivity contribution >= 4 is 23.4 Å². The van der Waals surface area contributed by atoms with Crippen LogP contribution in [0.3, 0.4) is 0 Å². The molecule has 0 saturated carbocycles. The Morgan fingerprint density at radius 3 is 2.95 bits per heavy atom. The number of amides is 2. The molecule has 0 aliphatic carbocycles. The number of ether oxygens (including phenoxy) is 2. The van der Waals surface area contributed by atoms with E-state index < -0.39 is 0 Å². The van der Waals surface area contributed by atoms with Gasteiger partial charge < -0.3 is 20.1 Å². The highest BCUT2D eigenvalue weighted by Gasteiger charge is 2.21. The normalized spacial score (nSPS) is 19.7. The summed E-state index contributed by atoms with van der Waals surface area (Å²) in [4.78, 5) is 23.1. The zero-order valence-corrected chi connectivity index (χ0v) is 12.7. The maximum atomic E-state index is 12.0. The molecule has 1 aromatic rings. The summed E-state index contributed by atoms with van der Waals surface area (Å²) < 4.78 is 10.9. The van der Waals surface area contributed by atoms with E-state index in [1.807, 2.05) is 0 Å². The van der Waals surface area contributed by atoms with Gasteiger partial charge in [0.05, 0.1) is 11.4 Å². The number of benzene rings is 1. The predicted molar refractivity (Wildman–Crippen MR) is 80.3 cm³/mol. The average Bonchev–Trinajstić information content (AvgIpc) is 2.91. The Morgan fingerprint density at radius 1 is 1.36 bits per heavy atom. The molecule has 7 heteroatoms. The van der Waals surface area contributed by atoms with Gasteiger partial charge in [0.1, 0.15) is 13.2 Å². The van der Waals surface area contributed by atoms with E-state index in [2.05, 4.69) is 10.6 Å². The van der Waals surface area contributed by atoms with Crippen LogP contribution in [0.1, 0.15) is 18.4 Å². The van der Waals surface area contributed by atoms with Crippen LogP contribution in [0.15, 0.2) is 12.1 Å². The Balaban J connectivity index is 1.57. The second-order valence-electron chi connectivity index (χ2n) is 5.39. The second-order valence-corrected chi connectivity index (χ2v) is 5.79. The van der Waals surface area contributed by atoms with Crippen molar-refractivity contribution in [1.82, 2.24) is 10.6 Å². The van der Waals surface area contributed by atoms with Gasteiger partial charge in [-0.25, -0.2) is 0 Å². The van der Waals surface area contributed by atoms with Crippen molar-refractivity contribution in [2.45, 2.75) is 25.3 Å². The summed E-state index contributed by atoms with van der Waals surface area (Å²) >= 11 is 6.14. The van der Waals surface area contributed by atoms with Crippen LogP contribution in [0.25, 0.3) is 0 Å². The third-order valence-electron chi connectivity index (χ3n) is 3.65. The first kappa shape index (κ1) is 15.0. The zero-order chi connectivity index (χ0) is 15.5. The molecule has 0 spiro atoms. The van der Waals surface area contributed by atoms with Gasteiger partial charge in [0, 0.05) is 19.0 Å². The van der Waals surface area contributed by atoms with Crippen molar-refractivity contribution in [2.24, 2.45) is 0 Å². The summed E-state index contributed by atoms with van der Waals surface area (Å²) in [7, 11) is 0. The number of nitrogens with one attached hydrogen (secondary N) is 2. The fraction of sp³-hybridized carbons (Fsp3) is 0.467. The van der Waals surface area contributed by atoms with Crippen LogP contribution in [0, 0.1) is 0 Å². The number of hydrogen-bond acceptors (Lipinski definition) is 4. The Bertz CT molecular complexity index is 605. The summed E-state index contributed by atoms with van der Waals surface area (Å²) in [6.07, 6.45) is 1.49. The molecule has 2 aliphatic rings. The van der Waals surface area contributed by atoms with Crippen LogP contribution in [0.4, 0.5) is 0 Å². The van der Waals surface area contributed by atoms with Gasteiger partial charge in [-0.3, -0.25) is 9.59 Å². The van der Waals surface area contributed by atoms with Crippen molar-refractivity contribution in [3.8, 4) is 11.5 Å². The molecule has 3 rings (SSSR count). The summed E-state index contributed by atoms with van der Waals surface area (Å²) in [5.74, 6) is 1.03. The SMILES string of the molecule is O=C(Cc1cc(Cl)c2c(c1)OCCO2)NCC1CCC(=O)N1. The van der Waals surface area contributed by atoms with E-state index in [-0.39, 0.29) is 24.3 Å². The minimum absolute atomic E-state index is 0.0281. The monoisotopic (exact) mass is 324 g/mol. The van der Waals surface area contributed by atoms with E-state index in [1.165, 1.54) is 0 Å². The van der Waals surface area contributed by atoms with Crippen molar-refractivity contribution in [3.63, 3.8) is 0 Å². The summed E-state index contributed by atoms with van der Waals surface area (Å²) in [5, 5.41) is 6.08. The van der Waals surface area contributed by atoms with E-state index in [0.29, 0.717) is 42.7 Å². The van der Waals surface area contributed by atoms with Crippen LogP contribution in [-0.4, -0.2) is 37.6 Å². The molecule has 118 valence electrons. The molecule has 6 nitrogen and oxygen atoms in total. The Kier molecular flexibility index (Phi) is 4.38. The molecular weight excluding hydrogens is 308 g/mol. The van der Waals surface area contributed by atoms with Crippen LogP contribution in [0.5, 0.6) is 11.5 Å². The third kappa shape index (κ3) is 3.44. The number of rotatable bonds is 4. The molecule has 0 radical (unpaired) electrons. The number of carbonyl (C=O) groups is 2. The standard InChI is InChI=1S/C15H17ClN2O4/c16-11-5-9(6-12-15(11)22-4-3-21-12)7-14(20)17-8-10-1-2-13(19)18-10/h5-6,10H,1-4,7-8H2,(H,17,20)(H,18,19). The summed E-state index contributed by atoms with van der Waals surface area (Å²) in [5.41, 5.74) is 0.766. The van der Waals surface area contributed by atoms with E-state index in [9.17, 15) is 9.59 Å². The topological polar surface area (TPSA) is 76.7 Å². The van der Waals surface area contributed by atoms with Crippen LogP contribution < -0.4 is 20.1 Å². The highest BCUT2D eigenvalue weighted by Crippen LogP contribution is 2.38. The maximum Gasteiger partial charge on any atom is 0.224 e. The highest BCUT2D eigenvalue weighted by atomic mass is 35.5.